The zero-order valence-electron chi connectivity index (χ0n) is 20.1. The quantitative estimate of drug-likeness (QED) is 0.713. The Kier molecular flexibility index (Phi) is 8.23. The lowest BCUT2D eigenvalue weighted by molar-refractivity contribution is 0.0145. The lowest BCUT2D eigenvalue weighted by Crippen LogP contribution is -2.51. The van der Waals surface area contributed by atoms with Crippen molar-refractivity contribution in [1.29, 1.82) is 0 Å². The zero-order valence-corrected chi connectivity index (χ0v) is 20.1. The number of carbonyl (C=O) groups excluding carboxylic acids is 1. The summed E-state index contributed by atoms with van der Waals surface area (Å²) in [5, 5.41) is 3.83. The number of ether oxygens (including phenoxy) is 2. The fraction of sp³-hybridized carbons (Fsp3) is 0.720. The average Bonchev–Trinajstić information content (AvgIpc) is 2.75. The third-order valence-electron chi connectivity index (χ3n) is 6.56. The van der Waals surface area contributed by atoms with Crippen LogP contribution in [0.2, 0.25) is 0 Å². The Morgan fingerprint density at radius 1 is 1.23 bits per heavy atom. The molecule has 1 N–H and O–H groups in total. The van der Waals surface area contributed by atoms with Crippen molar-refractivity contribution in [2.24, 2.45) is 5.92 Å². The highest BCUT2D eigenvalue weighted by molar-refractivity contribution is 5.68. The molecule has 1 unspecified atom stereocenters. The van der Waals surface area contributed by atoms with Gasteiger partial charge >= 0.3 is 6.09 Å². The van der Waals surface area contributed by atoms with Crippen molar-refractivity contribution in [1.82, 2.24) is 15.1 Å². The van der Waals surface area contributed by atoms with Crippen LogP contribution in [-0.2, 0) is 17.6 Å². The van der Waals surface area contributed by atoms with Crippen molar-refractivity contribution in [3.8, 4) is 5.75 Å². The van der Waals surface area contributed by atoms with Crippen molar-refractivity contribution in [2.45, 2.75) is 65.0 Å². The van der Waals surface area contributed by atoms with Gasteiger partial charge in [0.2, 0.25) is 0 Å². The molecular weight excluding hydrogens is 390 g/mol. The molecule has 1 heterocycles. The van der Waals surface area contributed by atoms with E-state index in [1.54, 1.807) is 7.11 Å². The average molecular weight is 432 g/mol. The predicted molar refractivity (Wildman–Crippen MR) is 125 cm³/mol. The minimum absolute atomic E-state index is 0.189. The van der Waals surface area contributed by atoms with E-state index in [1.807, 2.05) is 25.7 Å². The minimum atomic E-state index is -0.432. The summed E-state index contributed by atoms with van der Waals surface area (Å²) in [5.41, 5.74) is 2.42. The second kappa shape index (κ2) is 10.7. The van der Waals surface area contributed by atoms with E-state index in [4.69, 9.17) is 9.47 Å². The SMILES string of the molecule is CC[C@H](NCCN1CCN(C(=O)OC(C)(C)C)CC1)C1CCc2c(cccc2OC)C1. The number of nitrogens with one attached hydrogen (secondary N) is 1. The summed E-state index contributed by atoms with van der Waals surface area (Å²) in [4.78, 5) is 16.5. The van der Waals surface area contributed by atoms with Gasteiger partial charge in [0.25, 0.3) is 0 Å². The van der Waals surface area contributed by atoms with Crippen LogP contribution in [0, 0.1) is 5.92 Å². The Morgan fingerprint density at radius 3 is 2.61 bits per heavy atom. The molecule has 1 aliphatic heterocycles. The van der Waals surface area contributed by atoms with Crippen LogP contribution in [0.3, 0.4) is 0 Å². The van der Waals surface area contributed by atoms with Crippen LogP contribution in [0.15, 0.2) is 18.2 Å². The molecule has 6 heteroatoms. The first kappa shape index (κ1) is 23.9. The van der Waals surface area contributed by atoms with Crippen molar-refractivity contribution < 1.29 is 14.3 Å². The Balaban J connectivity index is 1.41. The van der Waals surface area contributed by atoms with Crippen LogP contribution in [0.1, 0.15) is 51.7 Å². The molecule has 1 saturated heterocycles. The molecule has 6 nitrogen and oxygen atoms in total. The number of methoxy groups -OCH3 is 1. The highest BCUT2D eigenvalue weighted by Crippen LogP contribution is 2.33. The first-order chi connectivity index (χ1) is 14.8. The smallest absolute Gasteiger partial charge is 0.410 e. The Bertz CT molecular complexity index is 723. The van der Waals surface area contributed by atoms with Crippen molar-refractivity contribution in [2.75, 3.05) is 46.4 Å². The second-order valence-corrected chi connectivity index (χ2v) is 9.88. The van der Waals surface area contributed by atoms with Crippen LogP contribution < -0.4 is 10.1 Å². The lowest BCUT2D eigenvalue weighted by atomic mass is 9.79. The van der Waals surface area contributed by atoms with Crippen molar-refractivity contribution >= 4 is 6.09 Å². The maximum atomic E-state index is 12.2. The van der Waals surface area contributed by atoms with E-state index in [9.17, 15) is 4.79 Å². The van der Waals surface area contributed by atoms with E-state index in [-0.39, 0.29) is 6.09 Å². The van der Waals surface area contributed by atoms with Gasteiger partial charge in [0.1, 0.15) is 11.4 Å². The van der Waals surface area contributed by atoms with E-state index >= 15 is 0 Å². The molecule has 1 aliphatic carbocycles. The number of hydrogen-bond acceptors (Lipinski definition) is 5. The molecule has 2 atom stereocenters. The van der Waals surface area contributed by atoms with Gasteiger partial charge in [-0.05, 0) is 69.6 Å². The van der Waals surface area contributed by atoms with Gasteiger partial charge in [0.05, 0.1) is 7.11 Å². The molecule has 1 aromatic carbocycles. The van der Waals surface area contributed by atoms with Crippen molar-refractivity contribution in [3.63, 3.8) is 0 Å². The summed E-state index contributed by atoms with van der Waals surface area (Å²) in [6.07, 6.45) is 4.41. The molecule has 0 radical (unpaired) electrons. The molecular formula is C25H41N3O3. The minimum Gasteiger partial charge on any atom is -0.496 e. The Morgan fingerprint density at radius 2 is 1.97 bits per heavy atom. The molecule has 31 heavy (non-hydrogen) atoms. The van der Waals surface area contributed by atoms with E-state index in [0.29, 0.717) is 12.0 Å². The summed E-state index contributed by atoms with van der Waals surface area (Å²) in [6, 6.07) is 7.01. The number of piperazine rings is 1. The van der Waals surface area contributed by atoms with Gasteiger partial charge < -0.3 is 19.7 Å². The topological polar surface area (TPSA) is 54.0 Å². The largest absolute Gasteiger partial charge is 0.496 e. The van der Waals surface area contributed by atoms with Gasteiger partial charge in [-0.2, -0.15) is 0 Å². The van der Waals surface area contributed by atoms with Gasteiger partial charge in [-0.15, -0.1) is 0 Å². The molecule has 0 saturated carbocycles. The molecule has 3 rings (SSSR count). The molecule has 0 spiro atoms. The van der Waals surface area contributed by atoms with Gasteiger partial charge in [-0.1, -0.05) is 19.1 Å². The number of fused-ring (bicyclic) bond motifs is 1. The van der Waals surface area contributed by atoms with Crippen LogP contribution >= 0.6 is 0 Å². The molecule has 2 aliphatic rings. The molecule has 1 fully saturated rings. The van der Waals surface area contributed by atoms with E-state index in [2.05, 4.69) is 35.3 Å². The summed E-state index contributed by atoms with van der Waals surface area (Å²) < 4.78 is 11.1. The zero-order chi connectivity index (χ0) is 22.4. The summed E-state index contributed by atoms with van der Waals surface area (Å²) in [6.45, 7) is 13.4. The number of hydrogen-bond donors (Lipinski definition) is 1. The standard InChI is InChI=1S/C25H41N3O3/c1-6-22(20-10-11-21-19(18-20)8-7-9-23(21)30-5)26-12-13-27-14-16-28(17-15-27)24(29)31-25(2,3)4/h7-9,20,22,26H,6,10-18H2,1-5H3/t20?,22-/m0/s1. The second-order valence-electron chi connectivity index (χ2n) is 9.88. The number of carbonyl (C=O) groups is 1. The van der Waals surface area contributed by atoms with Crippen LogP contribution in [0.25, 0.3) is 0 Å². The van der Waals surface area contributed by atoms with Gasteiger partial charge in [-0.3, -0.25) is 4.90 Å². The van der Waals surface area contributed by atoms with E-state index in [0.717, 1.165) is 64.3 Å². The molecule has 1 amide bonds. The first-order valence-electron chi connectivity index (χ1n) is 11.9. The summed E-state index contributed by atoms with van der Waals surface area (Å²) >= 11 is 0. The van der Waals surface area contributed by atoms with Crippen LogP contribution in [-0.4, -0.2) is 73.9 Å². The number of amides is 1. The maximum absolute atomic E-state index is 12.2. The Labute approximate surface area is 188 Å². The summed E-state index contributed by atoms with van der Waals surface area (Å²) in [7, 11) is 1.77. The summed E-state index contributed by atoms with van der Waals surface area (Å²) in [5.74, 6) is 1.72. The fourth-order valence-electron chi connectivity index (χ4n) is 4.87. The van der Waals surface area contributed by atoms with Crippen LogP contribution in [0.4, 0.5) is 4.79 Å². The number of nitrogens with zero attached hydrogens (tertiary/aromatic N) is 2. The number of benzene rings is 1. The third-order valence-corrected chi connectivity index (χ3v) is 6.56. The van der Waals surface area contributed by atoms with Gasteiger partial charge in [0.15, 0.2) is 0 Å². The normalized spacial score (nSPS) is 20.8. The number of rotatable bonds is 7. The first-order valence-corrected chi connectivity index (χ1v) is 11.9. The van der Waals surface area contributed by atoms with E-state index in [1.165, 1.54) is 17.5 Å². The van der Waals surface area contributed by atoms with Crippen molar-refractivity contribution in [3.05, 3.63) is 29.3 Å². The van der Waals surface area contributed by atoms with Gasteiger partial charge in [0, 0.05) is 45.3 Å². The highest BCUT2D eigenvalue weighted by Gasteiger charge is 2.28. The van der Waals surface area contributed by atoms with Crippen LogP contribution in [0.5, 0.6) is 5.75 Å². The monoisotopic (exact) mass is 431 g/mol. The maximum Gasteiger partial charge on any atom is 0.410 e. The third kappa shape index (κ3) is 6.59. The molecule has 1 aromatic rings. The molecule has 0 bridgehead atoms. The molecule has 174 valence electrons. The van der Waals surface area contributed by atoms with Gasteiger partial charge in [-0.25, -0.2) is 4.79 Å². The Hall–Kier alpha value is -1.79. The predicted octanol–water partition coefficient (Wildman–Crippen LogP) is 3.72. The fourth-order valence-corrected chi connectivity index (χ4v) is 4.87. The highest BCUT2D eigenvalue weighted by atomic mass is 16.6. The van der Waals surface area contributed by atoms with E-state index < -0.39 is 5.60 Å². The lowest BCUT2D eigenvalue weighted by Gasteiger charge is -2.36. The molecule has 0 aromatic heterocycles.